The van der Waals surface area contributed by atoms with Gasteiger partial charge in [0.25, 0.3) is 0 Å². The van der Waals surface area contributed by atoms with Crippen molar-refractivity contribution in [3.8, 4) is 5.75 Å². The molecule has 1 atom stereocenters. The van der Waals surface area contributed by atoms with E-state index in [1.807, 2.05) is 0 Å². The molecule has 3 nitrogen and oxygen atoms in total. The maximum absolute atomic E-state index is 13.3. The number of benzene rings is 1. The smallest absolute Gasteiger partial charge is 0.166 e. The van der Waals surface area contributed by atoms with Crippen LogP contribution in [0.15, 0.2) is 16.6 Å². The quantitative estimate of drug-likeness (QED) is 0.871. The van der Waals surface area contributed by atoms with E-state index >= 15 is 0 Å². The molecular formula is C9H11BrFNO2. The van der Waals surface area contributed by atoms with E-state index in [1.54, 1.807) is 6.07 Å². The van der Waals surface area contributed by atoms with Crippen LogP contribution in [0, 0.1) is 5.82 Å². The van der Waals surface area contributed by atoms with Crippen molar-refractivity contribution in [3.05, 3.63) is 28.0 Å². The number of methoxy groups -OCH3 is 1. The minimum atomic E-state index is -0.919. The van der Waals surface area contributed by atoms with Crippen molar-refractivity contribution >= 4 is 15.9 Å². The second-order valence-electron chi connectivity index (χ2n) is 2.76. The monoisotopic (exact) mass is 263 g/mol. The minimum absolute atomic E-state index is 0.0201. The van der Waals surface area contributed by atoms with Crippen molar-refractivity contribution < 1.29 is 14.2 Å². The standard InChI is InChI=1S/C9H11BrFNO2/c1-14-9-6(8(13)4-12)2-5(10)3-7(9)11/h2-3,8,13H,4,12H2,1H3/t8-/m0/s1. The minimum Gasteiger partial charge on any atom is -0.493 e. The molecule has 0 radical (unpaired) electrons. The van der Waals surface area contributed by atoms with Crippen molar-refractivity contribution in [2.45, 2.75) is 6.10 Å². The van der Waals surface area contributed by atoms with E-state index in [2.05, 4.69) is 15.9 Å². The van der Waals surface area contributed by atoms with E-state index in [1.165, 1.54) is 13.2 Å². The second-order valence-corrected chi connectivity index (χ2v) is 3.68. The zero-order valence-corrected chi connectivity index (χ0v) is 9.21. The Morgan fingerprint density at radius 3 is 2.79 bits per heavy atom. The molecule has 0 fully saturated rings. The van der Waals surface area contributed by atoms with Crippen LogP contribution in [0.4, 0.5) is 4.39 Å². The van der Waals surface area contributed by atoms with Crippen LogP contribution in [0.2, 0.25) is 0 Å². The molecule has 1 rings (SSSR count). The van der Waals surface area contributed by atoms with Crippen LogP contribution in [0.3, 0.4) is 0 Å². The Bertz CT molecular complexity index is 333. The molecule has 0 saturated carbocycles. The molecule has 0 aliphatic heterocycles. The van der Waals surface area contributed by atoms with Crippen molar-refractivity contribution in [3.63, 3.8) is 0 Å². The van der Waals surface area contributed by atoms with Gasteiger partial charge < -0.3 is 15.6 Å². The maximum atomic E-state index is 13.3. The van der Waals surface area contributed by atoms with Gasteiger partial charge in [-0.15, -0.1) is 0 Å². The van der Waals surface area contributed by atoms with Crippen molar-refractivity contribution in [2.24, 2.45) is 5.73 Å². The lowest BCUT2D eigenvalue weighted by molar-refractivity contribution is 0.181. The average molecular weight is 264 g/mol. The number of ether oxygens (including phenoxy) is 1. The Balaban J connectivity index is 3.24. The van der Waals surface area contributed by atoms with Crippen LogP contribution in [-0.2, 0) is 0 Å². The predicted octanol–water partition coefficient (Wildman–Crippen LogP) is 1.59. The Hall–Kier alpha value is -0.650. The van der Waals surface area contributed by atoms with Gasteiger partial charge in [0.2, 0.25) is 0 Å². The van der Waals surface area contributed by atoms with E-state index in [-0.39, 0.29) is 12.3 Å². The first kappa shape index (κ1) is 11.4. The molecule has 0 aliphatic rings. The largest absolute Gasteiger partial charge is 0.493 e. The molecule has 78 valence electrons. The van der Waals surface area contributed by atoms with E-state index < -0.39 is 11.9 Å². The molecule has 0 aliphatic carbocycles. The summed E-state index contributed by atoms with van der Waals surface area (Å²) < 4.78 is 18.7. The lowest BCUT2D eigenvalue weighted by Gasteiger charge is -2.14. The molecule has 14 heavy (non-hydrogen) atoms. The highest BCUT2D eigenvalue weighted by atomic mass is 79.9. The van der Waals surface area contributed by atoms with Gasteiger partial charge in [-0.2, -0.15) is 0 Å². The Morgan fingerprint density at radius 2 is 2.29 bits per heavy atom. The first-order chi connectivity index (χ1) is 6.60. The number of hydrogen-bond donors (Lipinski definition) is 2. The number of rotatable bonds is 3. The lowest BCUT2D eigenvalue weighted by Crippen LogP contribution is -2.13. The predicted molar refractivity (Wildman–Crippen MR) is 54.7 cm³/mol. The molecule has 0 amide bonds. The molecule has 0 saturated heterocycles. The highest BCUT2D eigenvalue weighted by Crippen LogP contribution is 2.31. The summed E-state index contributed by atoms with van der Waals surface area (Å²) in [6.07, 6.45) is -0.919. The number of nitrogens with two attached hydrogens (primary N) is 1. The van der Waals surface area contributed by atoms with Crippen LogP contribution < -0.4 is 10.5 Å². The number of aliphatic hydroxyl groups excluding tert-OH is 1. The fraction of sp³-hybridized carbons (Fsp3) is 0.333. The molecule has 0 aromatic heterocycles. The molecule has 5 heteroatoms. The summed E-state index contributed by atoms with van der Waals surface area (Å²) in [6.45, 7) is 0.0201. The van der Waals surface area contributed by atoms with Crippen LogP contribution in [-0.4, -0.2) is 18.8 Å². The zero-order valence-electron chi connectivity index (χ0n) is 7.63. The molecule has 1 aromatic carbocycles. The van der Waals surface area contributed by atoms with E-state index in [4.69, 9.17) is 10.5 Å². The summed E-state index contributed by atoms with van der Waals surface area (Å²) in [5.41, 5.74) is 5.63. The molecular weight excluding hydrogens is 253 g/mol. The lowest BCUT2D eigenvalue weighted by atomic mass is 10.1. The van der Waals surface area contributed by atoms with Crippen LogP contribution >= 0.6 is 15.9 Å². The zero-order chi connectivity index (χ0) is 10.7. The van der Waals surface area contributed by atoms with Crippen molar-refractivity contribution in [1.82, 2.24) is 0 Å². The average Bonchev–Trinajstić information content (AvgIpc) is 2.15. The SMILES string of the molecule is COc1c(F)cc(Br)cc1[C@@H](O)CN. The summed E-state index contributed by atoms with van der Waals surface area (Å²) in [5, 5.41) is 9.50. The normalized spacial score (nSPS) is 12.6. The van der Waals surface area contributed by atoms with Gasteiger partial charge in [0, 0.05) is 16.6 Å². The summed E-state index contributed by atoms with van der Waals surface area (Å²) in [4.78, 5) is 0. The molecule has 0 bridgehead atoms. The van der Waals surface area contributed by atoms with E-state index in [0.717, 1.165) is 0 Å². The summed E-state index contributed by atoms with van der Waals surface area (Å²) >= 11 is 3.13. The van der Waals surface area contributed by atoms with Gasteiger partial charge in [-0.25, -0.2) is 4.39 Å². The molecule has 0 heterocycles. The summed E-state index contributed by atoms with van der Waals surface area (Å²) in [6, 6.07) is 2.85. The maximum Gasteiger partial charge on any atom is 0.166 e. The summed E-state index contributed by atoms with van der Waals surface area (Å²) in [7, 11) is 1.35. The van der Waals surface area contributed by atoms with E-state index in [9.17, 15) is 9.50 Å². The fourth-order valence-electron chi connectivity index (χ4n) is 1.17. The third-order valence-electron chi connectivity index (χ3n) is 1.82. The third kappa shape index (κ3) is 2.23. The van der Waals surface area contributed by atoms with Gasteiger partial charge in [-0.3, -0.25) is 0 Å². The molecule has 0 spiro atoms. The summed E-state index contributed by atoms with van der Waals surface area (Å²) in [5.74, 6) is -0.490. The van der Waals surface area contributed by atoms with E-state index in [0.29, 0.717) is 10.0 Å². The Kier molecular flexibility index (Phi) is 3.86. The van der Waals surface area contributed by atoms with Crippen LogP contribution in [0.5, 0.6) is 5.75 Å². The highest BCUT2D eigenvalue weighted by molar-refractivity contribution is 9.10. The van der Waals surface area contributed by atoms with Crippen molar-refractivity contribution in [1.29, 1.82) is 0 Å². The fourth-order valence-corrected chi connectivity index (χ4v) is 1.62. The van der Waals surface area contributed by atoms with Gasteiger partial charge in [-0.1, -0.05) is 15.9 Å². The van der Waals surface area contributed by atoms with Gasteiger partial charge >= 0.3 is 0 Å². The van der Waals surface area contributed by atoms with Crippen LogP contribution in [0.25, 0.3) is 0 Å². The second kappa shape index (κ2) is 4.72. The molecule has 3 N–H and O–H groups in total. The Morgan fingerprint density at radius 1 is 1.64 bits per heavy atom. The van der Waals surface area contributed by atoms with Gasteiger partial charge in [0.1, 0.15) is 0 Å². The first-order valence-electron chi connectivity index (χ1n) is 4.01. The molecule has 0 unspecified atom stereocenters. The third-order valence-corrected chi connectivity index (χ3v) is 2.28. The topological polar surface area (TPSA) is 55.5 Å². The highest BCUT2D eigenvalue weighted by Gasteiger charge is 2.16. The first-order valence-corrected chi connectivity index (χ1v) is 4.80. The van der Waals surface area contributed by atoms with Gasteiger partial charge in [-0.05, 0) is 12.1 Å². The number of hydrogen-bond acceptors (Lipinski definition) is 3. The number of halogens is 2. The van der Waals surface area contributed by atoms with Crippen LogP contribution in [0.1, 0.15) is 11.7 Å². The molecule has 1 aromatic rings. The Labute approximate surface area is 89.8 Å². The number of aliphatic hydroxyl groups is 1. The van der Waals surface area contributed by atoms with Crippen molar-refractivity contribution in [2.75, 3.05) is 13.7 Å². The van der Waals surface area contributed by atoms with Gasteiger partial charge in [0.05, 0.1) is 13.2 Å². The van der Waals surface area contributed by atoms with Gasteiger partial charge in [0.15, 0.2) is 11.6 Å².